The quantitative estimate of drug-likeness (QED) is 0.722. The van der Waals surface area contributed by atoms with Crippen molar-refractivity contribution in [3.05, 3.63) is 48.6 Å². The normalized spacial score (nSPS) is 19.5. The Labute approximate surface area is 92.2 Å². The SMILES string of the molecule is C=CC(NCC)C1(c2ccccc2)CC1. The van der Waals surface area contributed by atoms with Crippen molar-refractivity contribution in [2.45, 2.75) is 31.2 Å². The van der Waals surface area contributed by atoms with Crippen molar-refractivity contribution in [3.63, 3.8) is 0 Å². The third kappa shape index (κ3) is 1.84. The van der Waals surface area contributed by atoms with Crippen LogP contribution in [0.5, 0.6) is 0 Å². The minimum Gasteiger partial charge on any atom is -0.310 e. The van der Waals surface area contributed by atoms with Gasteiger partial charge in [-0.05, 0) is 24.9 Å². The van der Waals surface area contributed by atoms with Gasteiger partial charge in [0.1, 0.15) is 0 Å². The molecule has 1 atom stereocenters. The van der Waals surface area contributed by atoms with Gasteiger partial charge in [-0.3, -0.25) is 0 Å². The summed E-state index contributed by atoms with van der Waals surface area (Å²) >= 11 is 0. The molecule has 2 rings (SSSR count). The van der Waals surface area contributed by atoms with Crippen LogP contribution in [0.15, 0.2) is 43.0 Å². The van der Waals surface area contributed by atoms with Crippen molar-refractivity contribution in [1.29, 1.82) is 0 Å². The molecule has 1 aromatic rings. The van der Waals surface area contributed by atoms with Gasteiger partial charge in [0.15, 0.2) is 0 Å². The predicted molar refractivity (Wildman–Crippen MR) is 65.0 cm³/mol. The van der Waals surface area contributed by atoms with Crippen LogP contribution < -0.4 is 5.32 Å². The molecule has 15 heavy (non-hydrogen) atoms. The summed E-state index contributed by atoms with van der Waals surface area (Å²) in [5.41, 5.74) is 1.79. The summed E-state index contributed by atoms with van der Waals surface area (Å²) in [5.74, 6) is 0. The van der Waals surface area contributed by atoms with Crippen LogP contribution in [-0.4, -0.2) is 12.6 Å². The van der Waals surface area contributed by atoms with Crippen LogP contribution in [-0.2, 0) is 5.41 Å². The van der Waals surface area contributed by atoms with Crippen LogP contribution in [0.4, 0.5) is 0 Å². The van der Waals surface area contributed by atoms with E-state index in [9.17, 15) is 0 Å². The maximum absolute atomic E-state index is 3.95. The number of hydrogen-bond donors (Lipinski definition) is 1. The van der Waals surface area contributed by atoms with Gasteiger partial charge in [-0.15, -0.1) is 6.58 Å². The van der Waals surface area contributed by atoms with E-state index in [-0.39, 0.29) is 0 Å². The van der Waals surface area contributed by atoms with Crippen molar-refractivity contribution in [2.24, 2.45) is 0 Å². The van der Waals surface area contributed by atoms with Gasteiger partial charge in [0.2, 0.25) is 0 Å². The first kappa shape index (κ1) is 10.4. The Morgan fingerprint density at radius 2 is 2.07 bits per heavy atom. The molecule has 0 radical (unpaired) electrons. The van der Waals surface area contributed by atoms with Gasteiger partial charge in [-0.1, -0.05) is 43.3 Å². The lowest BCUT2D eigenvalue weighted by atomic mass is 9.88. The summed E-state index contributed by atoms with van der Waals surface area (Å²) in [6, 6.07) is 11.2. The molecule has 1 N–H and O–H groups in total. The van der Waals surface area contributed by atoms with E-state index in [2.05, 4.69) is 55.2 Å². The highest BCUT2D eigenvalue weighted by Crippen LogP contribution is 2.51. The zero-order valence-corrected chi connectivity index (χ0v) is 9.37. The lowest BCUT2D eigenvalue weighted by molar-refractivity contribution is 0.496. The Morgan fingerprint density at radius 3 is 2.53 bits per heavy atom. The van der Waals surface area contributed by atoms with Crippen molar-refractivity contribution in [1.82, 2.24) is 5.32 Å². The topological polar surface area (TPSA) is 12.0 Å². The van der Waals surface area contributed by atoms with E-state index in [1.54, 1.807) is 0 Å². The first-order valence-corrected chi connectivity index (χ1v) is 5.75. The summed E-state index contributed by atoms with van der Waals surface area (Å²) in [7, 11) is 0. The fourth-order valence-corrected chi connectivity index (χ4v) is 2.41. The number of hydrogen-bond acceptors (Lipinski definition) is 1. The predicted octanol–water partition coefficient (Wildman–Crippen LogP) is 2.88. The molecule has 1 unspecified atom stereocenters. The zero-order valence-electron chi connectivity index (χ0n) is 9.37. The van der Waals surface area contributed by atoms with E-state index < -0.39 is 0 Å². The molecule has 1 aromatic carbocycles. The maximum Gasteiger partial charge on any atom is 0.0344 e. The highest BCUT2D eigenvalue weighted by Gasteiger charge is 2.49. The second-order valence-corrected chi connectivity index (χ2v) is 4.29. The van der Waals surface area contributed by atoms with Crippen LogP contribution in [0.1, 0.15) is 25.3 Å². The smallest absolute Gasteiger partial charge is 0.0344 e. The van der Waals surface area contributed by atoms with E-state index in [4.69, 9.17) is 0 Å². The Kier molecular flexibility index (Phi) is 2.92. The number of rotatable bonds is 5. The van der Waals surface area contributed by atoms with Crippen LogP contribution in [0, 0.1) is 0 Å². The molecule has 80 valence electrons. The average Bonchev–Trinajstić information content (AvgIpc) is 3.08. The first-order chi connectivity index (χ1) is 7.33. The molecule has 0 amide bonds. The molecular formula is C14H19N. The van der Waals surface area contributed by atoms with Gasteiger partial charge in [0, 0.05) is 11.5 Å². The Morgan fingerprint density at radius 1 is 1.40 bits per heavy atom. The minimum absolute atomic E-state index is 0.332. The lowest BCUT2D eigenvalue weighted by Crippen LogP contribution is -2.38. The monoisotopic (exact) mass is 201 g/mol. The standard InChI is InChI=1S/C14H19N/c1-3-13(15-4-2)14(10-11-14)12-8-6-5-7-9-12/h3,5-9,13,15H,1,4,10-11H2,2H3. The molecule has 0 saturated heterocycles. The highest BCUT2D eigenvalue weighted by molar-refractivity contribution is 5.35. The summed E-state index contributed by atoms with van der Waals surface area (Å²) in [5, 5.41) is 3.52. The molecule has 1 aliphatic rings. The highest BCUT2D eigenvalue weighted by atomic mass is 14.9. The van der Waals surface area contributed by atoms with Crippen LogP contribution in [0.3, 0.4) is 0 Å². The molecule has 0 aliphatic heterocycles. The third-order valence-corrected chi connectivity index (χ3v) is 3.39. The van der Waals surface area contributed by atoms with Gasteiger partial charge in [-0.25, -0.2) is 0 Å². The molecule has 1 heteroatoms. The summed E-state index contributed by atoms with van der Waals surface area (Å²) in [6.45, 7) is 7.10. The van der Waals surface area contributed by atoms with E-state index in [0.29, 0.717) is 11.5 Å². The van der Waals surface area contributed by atoms with E-state index in [0.717, 1.165) is 6.54 Å². The molecule has 0 bridgehead atoms. The minimum atomic E-state index is 0.332. The second kappa shape index (κ2) is 4.19. The van der Waals surface area contributed by atoms with Gasteiger partial charge < -0.3 is 5.32 Å². The fourth-order valence-electron chi connectivity index (χ4n) is 2.41. The lowest BCUT2D eigenvalue weighted by Gasteiger charge is -2.25. The molecule has 1 fully saturated rings. The third-order valence-electron chi connectivity index (χ3n) is 3.39. The number of nitrogens with one attached hydrogen (secondary N) is 1. The number of likely N-dealkylation sites (N-methyl/N-ethyl adjacent to an activating group) is 1. The maximum atomic E-state index is 3.95. The Balaban J connectivity index is 2.23. The average molecular weight is 201 g/mol. The van der Waals surface area contributed by atoms with Crippen LogP contribution in [0.2, 0.25) is 0 Å². The first-order valence-electron chi connectivity index (χ1n) is 5.75. The molecule has 0 aromatic heterocycles. The second-order valence-electron chi connectivity index (χ2n) is 4.29. The van der Waals surface area contributed by atoms with E-state index >= 15 is 0 Å². The van der Waals surface area contributed by atoms with Gasteiger partial charge >= 0.3 is 0 Å². The van der Waals surface area contributed by atoms with Gasteiger partial charge in [-0.2, -0.15) is 0 Å². The number of benzene rings is 1. The molecule has 0 spiro atoms. The summed E-state index contributed by atoms with van der Waals surface area (Å²) in [6.07, 6.45) is 4.62. The van der Waals surface area contributed by atoms with Crippen LogP contribution in [0.25, 0.3) is 0 Å². The fraction of sp³-hybridized carbons (Fsp3) is 0.429. The van der Waals surface area contributed by atoms with Crippen molar-refractivity contribution in [2.75, 3.05) is 6.54 Å². The summed E-state index contributed by atoms with van der Waals surface area (Å²) in [4.78, 5) is 0. The zero-order chi connectivity index (χ0) is 10.7. The summed E-state index contributed by atoms with van der Waals surface area (Å²) < 4.78 is 0. The van der Waals surface area contributed by atoms with Crippen LogP contribution >= 0.6 is 0 Å². The van der Waals surface area contributed by atoms with Crippen molar-refractivity contribution >= 4 is 0 Å². The van der Waals surface area contributed by atoms with Crippen molar-refractivity contribution in [3.8, 4) is 0 Å². The molecule has 1 saturated carbocycles. The van der Waals surface area contributed by atoms with Gasteiger partial charge in [0.05, 0.1) is 0 Å². The Bertz CT molecular complexity index is 324. The molecular weight excluding hydrogens is 182 g/mol. The van der Waals surface area contributed by atoms with E-state index in [1.807, 2.05) is 0 Å². The van der Waals surface area contributed by atoms with Crippen molar-refractivity contribution < 1.29 is 0 Å². The van der Waals surface area contributed by atoms with E-state index in [1.165, 1.54) is 18.4 Å². The largest absolute Gasteiger partial charge is 0.310 e. The molecule has 0 heterocycles. The molecule has 1 nitrogen and oxygen atoms in total. The van der Waals surface area contributed by atoms with Gasteiger partial charge in [0.25, 0.3) is 0 Å². The Hall–Kier alpha value is -1.08. The molecule has 1 aliphatic carbocycles.